The summed E-state index contributed by atoms with van der Waals surface area (Å²) in [5.74, 6) is 0. The molecule has 0 radical (unpaired) electrons. The van der Waals surface area contributed by atoms with Crippen LogP contribution in [0.5, 0.6) is 0 Å². The quantitative estimate of drug-likeness (QED) is 0.254. The third kappa shape index (κ3) is 15.5. The number of hydrogen-bond donors (Lipinski definition) is 0. The van der Waals surface area contributed by atoms with Crippen molar-refractivity contribution in [1.82, 2.24) is 9.97 Å². The van der Waals surface area contributed by atoms with Crippen LogP contribution in [0.2, 0.25) is 0 Å². The van der Waals surface area contributed by atoms with Gasteiger partial charge in [0.1, 0.15) is 0 Å². The van der Waals surface area contributed by atoms with Gasteiger partial charge in [0.25, 0.3) is 0 Å². The van der Waals surface area contributed by atoms with Crippen molar-refractivity contribution in [3.05, 3.63) is 50.3 Å². The Kier molecular flexibility index (Phi) is 19.0. The van der Waals surface area contributed by atoms with E-state index in [1.165, 1.54) is 4.43 Å². The molecule has 2 aromatic rings. The van der Waals surface area contributed by atoms with Crippen molar-refractivity contribution in [3.63, 3.8) is 0 Å². The van der Waals surface area contributed by atoms with E-state index in [0.717, 1.165) is 19.1 Å². The maximum Gasteiger partial charge on any atom is 0.0558 e. The van der Waals surface area contributed by atoms with E-state index in [1.807, 2.05) is 51.2 Å². The fraction of sp³-hybridized carbons (Fsp3) is 0.375. The smallest absolute Gasteiger partial charge is 0.0558 e. The minimum absolute atomic E-state index is 0.992. The zero-order valence-corrected chi connectivity index (χ0v) is 20.9. The van der Waals surface area contributed by atoms with Crippen molar-refractivity contribution >= 4 is 76.1 Å². The van der Waals surface area contributed by atoms with Crippen molar-refractivity contribution in [2.24, 2.45) is 0 Å². The monoisotopic (exact) mass is 621 g/mol. The molecule has 0 saturated heterocycles. The Bertz CT molecular complexity index is 508. The highest BCUT2D eigenvalue weighted by molar-refractivity contribution is 14.1. The van der Waals surface area contributed by atoms with Gasteiger partial charge in [-0.15, -0.1) is 0 Å². The molecule has 7 heteroatoms. The average molecular weight is 624 g/mol. The molecule has 0 atom stereocenters. The summed E-state index contributed by atoms with van der Waals surface area (Å²) >= 11 is 12.2. The van der Waals surface area contributed by atoms with Crippen molar-refractivity contribution in [2.75, 3.05) is 23.4 Å². The fourth-order valence-electron chi connectivity index (χ4n) is 1.03. The predicted octanol–water partition coefficient (Wildman–Crippen LogP) is 6.98. The fourth-order valence-corrected chi connectivity index (χ4v) is 2.42. The number of pyridine rings is 2. The number of hydrogen-bond acceptors (Lipinski definition) is 3. The number of nitrogens with zero attached hydrogens (tertiary/aromatic N) is 3. The Morgan fingerprint density at radius 3 is 1.43 bits per heavy atom. The largest absolute Gasteiger partial charge is 0.376 e. The molecular weight excluding hydrogens is 601 g/mol. The Morgan fingerprint density at radius 1 is 0.870 bits per heavy atom. The first-order valence-electron chi connectivity index (χ1n) is 7.00. The molecule has 0 amide bonds. The number of aromatic nitrogens is 2. The molecule has 3 nitrogen and oxygen atoms in total. The third-order valence-electron chi connectivity index (χ3n) is 1.88. The van der Waals surface area contributed by atoms with Gasteiger partial charge in [-0.25, -0.2) is 0 Å². The minimum atomic E-state index is 0.992. The van der Waals surface area contributed by atoms with Crippen LogP contribution < -0.4 is 4.90 Å². The van der Waals surface area contributed by atoms with E-state index < -0.39 is 0 Å². The summed E-state index contributed by atoms with van der Waals surface area (Å²) in [5, 5.41) is 0. The first kappa shape index (κ1) is 25.5. The first-order chi connectivity index (χ1) is 10.9. The molecular formula is C16H23Br3IN3. The molecule has 130 valence electrons. The minimum Gasteiger partial charge on any atom is -0.376 e. The van der Waals surface area contributed by atoms with Gasteiger partial charge in [-0.1, -0.05) is 43.4 Å². The molecule has 0 aromatic carbocycles. The van der Waals surface area contributed by atoms with E-state index in [2.05, 4.69) is 87.3 Å². The molecule has 23 heavy (non-hydrogen) atoms. The summed E-state index contributed by atoms with van der Waals surface area (Å²) in [7, 11) is 3.98. The predicted molar refractivity (Wildman–Crippen MR) is 122 cm³/mol. The van der Waals surface area contributed by atoms with E-state index in [-0.39, 0.29) is 0 Å². The molecule has 0 aliphatic heterocycles. The van der Waals surface area contributed by atoms with Crippen LogP contribution in [0.1, 0.15) is 20.8 Å². The highest BCUT2D eigenvalue weighted by Gasteiger charge is 1.94. The van der Waals surface area contributed by atoms with Crippen LogP contribution in [0.4, 0.5) is 5.69 Å². The summed E-state index contributed by atoms with van der Waals surface area (Å²) in [5.41, 5.74) is 1.11. The molecule has 0 fully saturated rings. The molecule has 2 rings (SSSR count). The highest BCUT2D eigenvalue weighted by Crippen LogP contribution is 2.15. The van der Waals surface area contributed by atoms with Gasteiger partial charge in [0.05, 0.1) is 11.9 Å². The first-order valence-corrected chi connectivity index (χ1v) is 10.9. The Morgan fingerprint density at radius 2 is 1.22 bits per heavy atom. The Balaban J connectivity index is 0. The van der Waals surface area contributed by atoms with Crippen LogP contribution >= 0.6 is 70.4 Å². The molecule has 0 aliphatic carbocycles. The van der Waals surface area contributed by atoms with Crippen molar-refractivity contribution < 1.29 is 0 Å². The van der Waals surface area contributed by atoms with E-state index in [1.54, 1.807) is 18.6 Å². The van der Waals surface area contributed by atoms with Crippen LogP contribution in [0.3, 0.4) is 0 Å². The molecule has 2 heterocycles. The summed E-state index contributed by atoms with van der Waals surface area (Å²) in [6.45, 7) is 6.11. The Hall–Kier alpha value is 0.270. The molecule has 0 saturated carbocycles. The average Bonchev–Trinajstić information content (AvgIpc) is 2.50. The number of rotatable bonds is 1. The van der Waals surface area contributed by atoms with Gasteiger partial charge in [0, 0.05) is 46.1 Å². The lowest BCUT2D eigenvalue weighted by Crippen LogP contribution is -2.08. The van der Waals surface area contributed by atoms with Gasteiger partial charge in [0.15, 0.2) is 0 Å². The molecule has 2 aromatic heterocycles. The van der Waals surface area contributed by atoms with E-state index in [0.29, 0.717) is 0 Å². The molecule has 0 N–H and O–H groups in total. The van der Waals surface area contributed by atoms with Gasteiger partial charge in [-0.3, -0.25) is 9.97 Å². The zero-order valence-electron chi connectivity index (χ0n) is 14.0. The maximum atomic E-state index is 4.02. The van der Waals surface area contributed by atoms with E-state index in [4.69, 9.17) is 0 Å². The zero-order chi connectivity index (χ0) is 18.3. The summed E-state index contributed by atoms with van der Waals surface area (Å²) in [6.07, 6.45) is 7.08. The second-order valence-corrected chi connectivity index (χ2v) is 8.12. The normalized spacial score (nSPS) is 8.39. The van der Waals surface area contributed by atoms with Crippen LogP contribution in [0, 0.1) is 0 Å². The highest BCUT2D eigenvalue weighted by atomic mass is 127. The number of anilines is 1. The second kappa shape index (κ2) is 17.1. The molecule has 0 bridgehead atoms. The molecule has 0 unspecified atom stereocenters. The lowest BCUT2D eigenvalue weighted by atomic mass is 10.4. The maximum absolute atomic E-state index is 4.02. The number of halogens is 4. The molecule has 0 spiro atoms. The van der Waals surface area contributed by atoms with Gasteiger partial charge >= 0.3 is 0 Å². The topological polar surface area (TPSA) is 29.0 Å². The number of alkyl halides is 1. The van der Waals surface area contributed by atoms with Gasteiger partial charge in [0.2, 0.25) is 0 Å². The van der Waals surface area contributed by atoms with Crippen molar-refractivity contribution in [2.45, 2.75) is 20.8 Å². The SMILES string of the molecule is Brc1cncc(Br)c1.CC.CCI.CN(C)c1cncc(Br)c1. The van der Waals surface area contributed by atoms with Gasteiger partial charge < -0.3 is 4.90 Å². The Labute approximate surface area is 179 Å². The lowest BCUT2D eigenvalue weighted by molar-refractivity contribution is 1.11. The third-order valence-corrected chi connectivity index (χ3v) is 3.18. The second-order valence-electron chi connectivity index (χ2n) is 3.84. The van der Waals surface area contributed by atoms with E-state index in [9.17, 15) is 0 Å². The standard InChI is InChI=1S/C7H9BrN2.C5H3Br2N.C2H5I.C2H6/c1-10(2)7-3-6(8)4-9-5-7;6-4-1-5(7)3-8-2-4;1-2-3;1-2/h3-5H,1-2H3;1-3H;2H2,1H3;1-2H3. The van der Waals surface area contributed by atoms with Gasteiger partial charge in [-0.05, 0) is 64.4 Å². The van der Waals surface area contributed by atoms with Gasteiger partial charge in [-0.2, -0.15) is 0 Å². The molecule has 0 aliphatic rings. The van der Waals surface area contributed by atoms with Crippen LogP contribution in [0.25, 0.3) is 0 Å². The lowest BCUT2D eigenvalue weighted by Gasteiger charge is -2.10. The van der Waals surface area contributed by atoms with Crippen LogP contribution in [-0.4, -0.2) is 28.5 Å². The van der Waals surface area contributed by atoms with Crippen LogP contribution in [-0.2, 0) is 0 Å². The summed E-state index contributed by atoms with van der Waals surface area (Å²) in [4.78, 5) is 9.92. The summed E-state index contributed by atoms with van der Waals surface area (Å²) < 4.78 is 4.22. The summed E-state index contributed by atoms with van der Waals surface area (Å²) in [6, 6.07) is 3.96. The van der Waals surface area contributed by atoms with Crippen LogP contribution in [0.15, 0.2) is 50.3 Å². The van der Waals surface area contributed by atoms with Crippen molar-refractivity contribution in [1.29, 1.82) is 0 Å². The van der Waals surface area contributed by atoms with E-state index >= 15 is 0 Å². The van der Waals surface area contributed by atoms with Crippen molar-refractivity contribution in [3.8, 4) is 0 Å².